The minimum atomic E-state index is -0.251. The first-order valence-electron chi connectivity index (χ1n) is 5.92. The summed E-state index contributed by atoms with van der Waals surface area (Å²) in [4.78, 5) is 11.6. The number of ether oxygens (including phenoxy) is 1. The van der Waals surface area contributed by atoms with Crippen LogP contribution in [-0.2, 0) is 9.53 Å². The summed E-state index contributed by atoms with van der Waals surface area (Å²) in [5.74, 6) is -0.0166. The third-order valence-electron chi connectivity index (χ3n) is 2.55. The predicted molar refractivity (Wildman–Crippen MR) is 65.7 cm³/mol. The zero-order valence-electron chi connectivity index (χ0n) is 10.4. The molecule has 1 saturated heterocycles. The van der Waals surface area contributed by atoms with Crippen molar-refractivity contribution in [3.8, 4) is 0 Å². The Morgan fingerprint density at radius 1 is 1.56 bits per heavy atom. The molecule has 0 bridgehead atoms. The number of hydrogen-bond acceptors (Lipinski definition) is 2. The molecule has 0 saturated carbocycles. The highest BCUT2D eigenvalue weighted by molar-refractivity contribution is 6.20. The molecular weight excluding hydrogens is 226 g/mol. The molecule has 1 fully saturated rings. The molecule has 1 N–H and O–H groups in total. The monoisotopic (exact) mass is 247 g/mol. The van der Waals surface area contributed by atoms with Gasteiger partial charge in [0.25, 0.3) is 0 Å². The average molecular weight is 248 g/mol. The molecule has 16 heavy (non-hydrogen) atoms. The number of halogens is 1. The highest BCUT2D eigenvalue weighted by atomic mass is 35.5. The van der Waals surface area contributed by atoms with Crippen molar-refractivity contribution in [2.75, 3.05) is 13.2 Å². The van der Waals surface area contributed by atoms with E-state index in [0.29, 0.717) is 13.2 Å². The van der Waals surface area contributed by atoms with Crippen LogP contribution in [0.5, 0.6) is 0 Å². The zero-order chi connectivity index (χ0) is 12.2. The second-order valence-electron chi connectivity index (χ2n) is 5.61. The summed E-state index contributed by atoms with van der Waals surface area (Å²) in [6.45, 7) is 7.65. The number of alkyl halides is 1. The average Bonchev–Trinajstić information content (AvgIpc) is 2.64. The van der Waals surface area contributed by atoms with Gasteiger partial charge in [0.1, 0.15) is 6.10 Å². The SMILES string of the molecule is CC(C)(C)CC(Cl)CNC(=O)C1CCCO1. The molecule has 1 heterocycles. The summed E-state index contributed by atoms with van der Waals surface area (Å²) in [7, 11) is 0. The Hall–Kier alpha value is -0.280. The Kier molecular flexibility index (Phi) is 5.06. The van der Waals surface area contributed by atoms with Gasteiger partial charge in [-0.1, -0.05) is 20.8 Å². The third kappa shape index (κ3) is 5.17. The van der Waals surface area contributed by atoms with Crippen molar-refractivity contribution in [3.05, 3.63) is 0 Å². The van der Waals surface area contributed by atoms with Crippen molar-refractivity contribution >= 4 is 17.5 Å². The fourth-order valence-electron chi connectivity index (χ4n) is 1.85. The number of hydrogen-bond donors (Lipinski definition) is 1. The lowest BCUT2D eigenvalue weighted by Gasteiger charge is -2.22. The van der Waals surface area contributed by atoms with Crippen LogP contribution in [0.25, 0.3) is 0 Å². The summed E-state index contributed by atoms with van der Waals surface area (Å²) in [6, 6.07) is 0. The lowest BCUT2D eigenvalue weighted by Crippen LogP contribution is -2.38. The second-order valence-corrected chi connectivity index (χ2v) is 6.23. The lowest BCUT2D eigenvalue weighted by molar-refractivity contribution is -0.130. The van der Waals surface area contributed by atoms with Gasteiger partial charge < -0.3 is 10.1 Å². The summed E-state index contributed by atoms with van der Waals surface area (Å²) in [5, 5.41) is 2.84. The summed E-state index contributed by atoms with van der Waals surface area (Å²) < 4.78 is 5.29. The highest BCUT2D eigenvalue weighted by Gasteiger charge is 2.24. The van der Waals surface area contributed by atoms with Gasteiger partial charge in [-0.25, -0.2) is 0 Å². The maximum absolute atomic E-state index is 11.6. The Bertz CT molecular complexity index is 232. The molecule has 1 rings (SSSR count). The third-order valence-corrected chi connectivity index (χ3v) is 2.86. The Morgan fingerprint density at radius 3 is 2.75 bits per heavy atom. The molecule has 1 aliphatic rings. The number of carbonyl (C=O) groups is 1. The topological polar surface area (TPSA) is 38.3 Å². The Morgan fingerprint density at radius 2 is 2.25 bits per heavy atom. The Balaban J connectivity index is 2.20. The van der Waals surface area contributed by atoms with Crippen LogP contribution < -0.4 is 5.32 Å². The van der Waals surface area contributed by atoms with Crippen molar-refractivity contribution in [2.45, 2.75) is 51.5 Å². The number of nitrogens with one attached hydrogen (secondary N) is 1. The molecular formula is C12H22ClNO2. The normalized spacial score (nSPS) is 23.1. The van der Waals surface area contributed by atoms with E-state index in [1.807, 2.05) is 0 Å². The largest absolute Gasteiger partial charge is 0.368 e. The summed E-state index contributed by atoms with van der Waals surface area (Å²) >= 11 is 6.16. The molecule has 0 spiro atoms. The van der Waals surface area contributed by atoms with E-state index in [1.165, 1.54) is 0 Å². The van der Waals surface area contributed by atoms with Crippen LogP contribution in [0.1, 0.15) is 40.0 Å². The van der Waals surface area contributed by atoms with Crippen LogP contribution in [0.4, 0.5) is 0 Å². The highest BCUT2D eigenvalue weighted by Crippen LogP contribution is 2.23. The fourth-order valence-corrected chi connectivity index (χ4v) is 2.39. The molecule has 94 valence electrons. The van der Waals surface area contributed by atoms with E-state index in [4.69, 9.17) is 16.3 Å². The molecule has 1 aliphatic heterocycles. The van der Waals surface area contributed by atoms with E-state index < -0.39 is 0 Å². The standard InChI is InChI=1S/C12H22ClNO2/c1-12(2,3)7-9(13)8-14-11(15)10-5-4-6-16-10/h9-10H,4-8H2,1-3H3,(H,14,15). The molecule has 0 aromatic heterocycles. The van der Waals surface area contributed by atoms with Crippen LogP contribution in [0, 0.1) is 5.41 Å². The van der Waals surface area contributed by atoms with Gasteiger partial charge in [-0.05, 0) is 24.7 Å². The van der Waals surface area contributed by atoms with E-state index in [2.05, 4.69) is 26.1 Å². The van der Waals surface area contributed by atoms with Gasteiger partial charge in [-0.15, -0.1) is 11.6 Å². The van der Waals surface area contributed by atoms with Crippen molar-refractivity contribution in [3.63, 3.8) is 0 Å². The smallest absolute Gasteiger partial charge is 0.249 e. The Labute approximate surface area is 103 Å². The van der Waals surface area contributed by atoms with Crippen LogP contribution in [0.2, 0.25) is 0 Å². The minimum Gasteiger partial charge on any atom is -0.368 e. The molecule has 2 atom stereocenters. The predicted octanol–water partition coefficient (Wildman–Crippen LogP) is 2.33. The zero-order valence-corrected chi connectivity index (χ0v) is 11.1. The molecule has 0 radical (unpaired) electrons. The van der Waals surface area contributed by atoms with Gasteiger partial charge >= 0.3 is 0 Å². The van der Waals surface area contributed by atoms with E-state index in [-0.39, 0.29) is 22.8 Å². The molecule has 2 unspecified atom stereocenters. The van der Waals surface area contributed by atoms with Crippen LogP contribution in [0.15, 0.2) is 0 Å². The van der Waals surface area contributed by atoms with Crippen LogP contribution >= 0.6 is 11.6 Å². The molecule has 4 heteroatoms. The second kappa shape index (κ2) is 5.87. The number of carbonyl (C=O) groups excluding carboxylic acids is 1. The van der Waals surface area contributed by atoms with Crippen molar-refractivity contribution in [1.29, 1.82) is 0 Å². The molecule has 0 aliphatic carbocycles. The maximum atomic E-state index is 11.6. The van der Waals surface area contributed by atoms with Gasteiger partial charge in [0, 0.05) is 13.2 Å². The van der Waals surface area contributed by atoms with Gasteiger partial charge in [0.05, 0.1) is 5.38 Å². The number of amides is 1. The fraction of sp³-hybridized carbons (Fsp3) is 0.917. The van der Waals surface area contributed by atoms with Crippen LogP contribution in [0.3, 0.4) is 0 Å². The van der Waals surface area contributed by atoms with Gasteiger partial charge in [0.2, 0.25) is 5.91 Å². The van der Waals surface area contributed by atoms with Gasteiger partial charge in [0.15, 0.2) is 0 Å². The minimum absolute atomic E-state index is 0.00893. The van der Waals surface area contributed by atoms with Gasteiger partial charge in [-0.3, -0.25) is 4.79 Å². The van der Waals surface area contributed by atoms with E-state index in [0.717, 1.165) is 19.3 Å². The molecule has 3 nitrogen and oxygen atoms in total. The van der Waals surface area contributed by atoms with Crippen molar-refractivity contribution < 1.29 is 9.53 Å². The first-order valence-corrected chi connectivity index (χ1v) is 6.35. The van der Waals surface area contributed by atoms with Crippen molar-refractivity contribution in [2.24, 2.45) is 5.41 Å². The first kappa shape index (κ1) is 13.8. The van der Waals surface area contributed by atoms with Gasteiger partial charge in [-0.2, -0.15) is 0 Å². The van der Waals surface area contributed by atoms with E-state index in [1.54, 1.807) is 0 Å². The number of rotatable bonds is 4. The van der Waals surface area contributed by atoms with Crippen LogP contribution in [-0.4, -0.2) is 30.5 Å². The summed E-state index contributed by atoms with van der Waals surface area (Å²) in [5.41, 5.74) is 0.195. The molecule has 0 aromatic carbocycles. The quantitative estimate of drug-likeness (QED) is 0.775. The summed E-state index contributed by atoms with van der Waals surface area (Å²) in [6.07, 6.45) is 2.45. The van der Waals surface area contributed by atoms with Crippen molar-refractivity contribution in [1.82, 2.24) is 5.32 Å². The maximum Gasteiger partial charge on any atom is 0.249 e. The molecule has 0 aromatic rings. The molecule has 1 amide bonds. The lowest BCUT2D eigenvalue weighted by atomic mass is 9.90. The van der Waals surface area contributed by atoms with E-state index in [9.17, 15) is 4.79 Å². The van der Waals surface area contributed by atoms with E-state index >= 15 is 0 Å². The first-order chi connectivity index (χ1) is 7.38.